The molecule has 2 heteroatoms. The van der Waals surface area contributed by atoms with Crippen LogP contribution in [0.3, 0.4) is 0 Å². The monoisotopic (exact) mass is 287 g/mol. The van der Waals surface area contributed by atoms with E-state index in [9.17, 15) is 0 Å². The van der Waals surface area contributed by atoms with Crippen LogP contribution in [0.5, 0.6) is 0 Å². The van der Waals surface area contributed by atoms with E-state index in [4.69, 9.17) is 0 Å². The Bertz CT molecular complexity index is 433. The number of thioether (sulfide) groups is 1. The average molecular weight is 287 g/mol. The normalized spacial score (nSPS) is 33.7. The van der Waals surface area contributed by atoms with Crippen LogP contribution in [0.1, 0.15) is 36.8 Å². The van der Waals surface area contributed by atoms with Gasteiger partial charge in [-0.15, -0.1) is 0 Å². The maximum atomic E-state index is 4.08. The highest BCUT2D eigenvalue weighted by atomic mass is 32.2. The quantitative estimate of drug-likeness (QED) is 0.891. The molecule has 3 aliphatic rings. The minimum absolute atomic E-state index is 0.787. The minimum Gasteiger partial charge on any atom is -0.311 e. The first-order valence-electron chi connectivity index (χ1n) is 8.31. The molecule has 2 unspecified atom stereocenters. The fourth-order valence-electron chi connectivity index (χ4n) is 4.56. The number of nitrogens with one attached hydrogen (secondary N) is 1. The van der Waals surface area contributed by atoms with E-state index < -0.39 is 0 Å². The molecule has 4 rings (SSSR count). The summed E-state index contributed by atoms with van der Waals surface area (Å²) in [5.74, 6) is 4.50. The molecule has 1 N–H and O–H groups in total. The third kappa shape index (κ3) is 2.53. The molecule has 2 bridgehead atoms. The van der Waals surface area contributed by atoms with Crippen LogP contribution in [0.2, 0.25) is 0 Å². The van der Waals surface area contributed by atoms with Crippen molar-refractivity contribution in [3.8, 4) is 0 Å². The van der Waals surface area contributed by atoms with Crippen molar-refractivity contribution < 1.29 is 0 Å². The zero-order valence-corrected chi connectivity index (χ0v) is 13.0. The molecule has 1 saturated carbocycles. The molecule has 1 saturated heterocycles. The lowest BCUT2D eigenvalue weighted by Gasteiger charge is -2.31. The van der Waals surface area contributed by atoms with Gasteiger partial charge in [-0.05, 0) is 73.0 Å². The molecule has 20 heavy (non-hydrogen) atoms. The molecular formula is C18H25NS. The Kier molecular flexibility index (Phi) is 3.78. The van der Waals surface area contributed by atoms with E-state index in [2.05, 4.69) is 41.3 Å². The second kappa shape index (κ2) is 5.73. The van der Waals surface area contributed by atoms with Crippen LogP contribution in [0, 0.1) is 11.8 Å². The van der Waals surface area contributed by atoms with E-state index in [1.807, 2.05) is 0 Å². The fourth-order valence-corrected chi connectivity index (χ4v) is 5.67. The lowest BCUT2D eigenvalue weighted by atomic mass is 9.93. The van der Waals surface area contributed by atoms with Crippen molar-refractivity contribution in [2.45, 2.75) is 50.6 Å². The molecule has 1 nitrogen and oxygen atoms in total. The van der Waals surface area contributed by atoms with E-state index in [0.717, 1.165) is 23.9 Å². The summed E-state index contributed by atoms with van der Waals surface area (Å²) in [7, 11) is 0. The standard InChI is InChI=1S/C18H25NS/c1-2-4-14-12-16-6-5-15(11-13(14)3-1)18(16)19-17-7-9-20-10-8-17/h1-4,15-19H,5-12H2. The summed E-state index contributed by atoms with van der Waals surface area (Å²) in [5.41, 5.74) is 3.26. The van der Waals surface area contributed by atoms with E-state index in [1.54, 1.807) is 11.1 Å². The predicted molar refractivity (Wildman–Crippen MR) is 87.3 cm³/mol. The lowest BCUT2D eigenvalue weighted by molar-refractivity contribution is 0.297. The number of hydrogen-bond acceptors (Lipinski definition) is 2. The maximum absolute atomic E-state index is 4.08. The van der Waals surface area contributed by atoms with Crippen LogP contribution >= 0.6 is 11.8 Å². The molecule has 2 atom stereocenters. The van der Waals surface area contributed by atoms with Gasteiger partial charge < -0.3 is 5.32 Å². The largest absolute Gasteiger partial charge is 0.311 e. The summed E-state index contributed by atoms with van der Waals surface area (Å²) < 4.78 is 0. The van der Waals surface area contributed by atoms with Crippen LogP contribution < -0.4 is 5.32 Å². The second-order valence-electron chi connectivity index (χ2n) is 6.85. The minimum atomic E-state index is 0.787. The molecule has 0 spiro atoms. The van der Waals surface area contributed by atoms with Crippen LogP contribution in [-0.4, -0.2) is 23.6 Å². The van der Waals surface area contributed by atoms with Crippen LogP contribution in [-0.2, 0) is 12.8 Å². The molecule has 1 aliphatic heterocycles. The zero-order valence-electron chi connectivity index (χ0n) is 12.2. The van der Waals surface area contributed by atoms with Gasteiger partial charge in [0.1, 0.15) is 0 Å². The summed E-state index contributed by atoms with van der Waals surface area (Å²) in [6.07, 6.45) is 8.27. The fraction of sp³-hybridized carbons (Fsp3) is 0.667. The van der Waals surface area contributed by atoms with Gasteiger partial charge in [-0.25, -0.2) is 0 Å². The molecule has 0 amide bonds. The topological polar surface area (TPSA) is 12.0 Å². The van der Waals surface area contributed by atoms with Gasteiger partial charge in [0.2, 0.25) is 0 Å². The third-order valence-electron chi connectivity index (χ3n) is 5.66. The Labute approximate surface area is 126 Å². The highest BCUT2D eigenvalue weighted by molar-refractivity contribution is 7.99. The Morgan fingerprint density at radius 1 is 0.850 bits per heavy atom. The van der Waals surface area contributed by atoms with E-state index >= 15 is 0 Å². The first kappa shape index (κ1) is 13.2. The van der Waals surface area contributed by atoms with Gasteiger partial charge in [-0.1, -0.05) is 24.3 Å². The summed E-state index contributed by atoms with van der Waals surface area (Å²) in [4.78, 5) is 0. The lowest BCUT2D eigenvalue weighted by Crippen LogP contribution is -2.45. The van der Waals surface area contributed by atoms with Crippen molar-refractivity contribution >= 4 is 11.8 Å². The second-order valence-corrected chi connectivity index (χ2v) is 8.08. The van der Waals surface area contributed by atoms with Gasteiger partial charge in [0.15, 0.2) is 0 Å². The van der Waals surface area contributed by atoms with Gasteiger partial charge >= 0.3 is 0 Å². The van der Waals surface area contributed by atoms with Gasteiger partial charge in [0, 0.05) is 12.1 Å². The molecule has 0 radical (unpaired) electrons. The Hall–Kier alpha value is -0.470. The Balaban J connectivity index is 1.51. The summed E-state index contributed by atoms with van der Waals surface area (Å²) in [6, 6.07) is 10.8. The number of fused-ring (bicyclic) bond motifs is 3. The summed E-state index contributed by atoms with van der Waals surface area (Å²) in [5, 5.41) is 4.08. The highest BCUT2D eigenvalue weighted by Crippen LogP contribution is 2.40. The van der Waals surface area contributed by atoms with Crippen LogP contribution in [0.4, 0.5) is 0 Å². The predicted octanol–water partition coefficient (Wildman–Crippen LogP) is 3.67. The van der Waals surface area contributed by atoms with E-state index in [1.165, 1.54) is 50.0 Å². The molecular weight excluding hydrogens is 262 g/mol. The van der Waals surface area contributed by atoms with Crippen LogP contribution in [0.25, 0.3) is 0 Å². The average Bonchev–Trinajstić information content (AvgIpc) is 2.75. The maximum Gasteiger partial charge on any atom is 0.0132 e. The molecule has 1 heterocycles. The van der Waals surface area contributed by atoms with Crippen LogP contribution in [0.15, 0.2) is 24.3 Å². The Morgan fingerprint density at radius 3 is 2.05 bits per heavy atom. The number of hydrogen-bond donors (Lipinski definition) is 1. The summed E-state index contributed by atoms with van der Waals surface area (Å²) in [6.45, 7) is 0. The SMILES string of the molecule is c1ccc2c(c1)CC1CCC(C2)C1NC1CCSCC1. The first-order valence-corrected chi connectivity index (χ1v) is 9.46. The van der Waals surface area contributed by atoms with Crippen molar-refractivity contribution in [3.05, 3.63) is 35.4 Å². The van der Waals surface area contributed by atoms with Crippen molar-refractivity contribution in [1.82, 2.24) is 5.32 Å². The van der Waals surface area contributed by atoms with Gasteiger partial charge in [-0.2, -0.15) is 11.8 Å². The highest BCUT2D eigenvalue weighted by Gasteiger charge is 2.39. The first-order chi connectivity index (χ1) is 9.90. The van der Waals surface area contributed by atoms with E-state index in [0.29, 0.717) is 0 Å². The molecule has 1 aromatic carbocycles. The van der Waals surface area contributed by atoms with Crippen molar-refractivity contribution in [2.24, 2.45) is 11.8 Å². The third-order valence-corrected chi connectivity index (χ3v) is 6.70. The zero-order chi connectivity index (χ0) is 13.4. The molecule has 2 fully saturated rings. The molecule has 108 valence electrons. The van der Waals surface area contributed by atoms with Gasteiger partial charge in [0.25, 0.3) is 0 Å². The van der Waals surface area contributed by atoms with Crippen molar-refractivity contribution in [1.29, 1.82) is 0 Å². The molecule has 0 aromatic heterocycles. The molecule has 2 aliphatic carbocycles. The number of benzene rings is 1. The van der Waals surface area contributed by atoms with Crippen molar-refractivity contribution in [3.63, 3.8) is 0 Å². The van der Waals surface area contributed by atoms with Crippen molar-refractivity contribution in [2.75, 3.05) is 11.5 Å². The smallest absolute Gasteiger partial charge is 0.0132 e. The van der Waals surface area contributed by atoms with Gasteiger partial charge in [0.05, 0.1) is 0 Å². The van der Waals surface area contributed by atoms with E-state index in [-0.39, 0.29) is 0 Å². The van der Waals surface area contributed by atoms with Gasteiger partial charge in [-0.3, -0.25) is 0 Å². The summed E-state index contributed by atoms with van der Waals surface area (Å²) >= 11 is 2.13. The number of rotatable bonds is 2. The Morgan fingerprint density at radius 2 is 1.45 bits per heavy atom. The molecule has 1 aromatic rings.